The van der Waals surface area contributed by atoms with Gasteiger partial charge >= 0.3 is 0 Å². The molecule has 1 aromatic carbocycles. The van der Waals surface area contributed by atoms with Gasteiger partial charge in [0.25, 0.3) is 5.91 Å². The molecule has 2 N–H and O–H groups in total. The molecular formula is C26H40N4O5. The van der Waals surface area contributed by atoms with Crippen molar-refractivity contribution < 1.29 is 24.5 Å². The van der Waals surface area contributed by atoms with Gasteiger partial charge in [-0.05, 0) is 43.4 Å². The number of amides is 2. The van der Waals surface area contributed by atoms with Gasteiger partial charge in [0.1, 0.15) is 5.75 Å². The van der Waals surface area contributed by atoms with E-state index in [2.05, 4.69) is 16.8 Å². The first kappa shape index (κ1) is 25.9. The summed E-state index contributed by atoms with van der Waals surface area (Å²) in [7, 11) is 3.86. The number of rotatable bonds is 2. The Morgan fingerprint density at radius 3 is 2.43 bits per heavy atom. The summed E-state index contributed by atoms with van der Waals surface area (Å²) in [4.78, 5) is 33.9. The molecule has 4 rings (SSSR count). The quantitative estimate of drug-likeness (QED) is 0.607. The van der Waals surface area contributed by atoms with Crippen molar-refractivity contribution in [1.82, 2.24) is 19.6 Å². The third-order valence-electron chi connectivity index (χ3n) is 7.97. The van der Waals surface area contributed by atoms with Crippen molar-refractivity contribution in [3.8, 4) is 5.75 Å². The van der Waals surface area contributed by atoms with Crippen LogP contribution < -0.4 is 4.74 Å². The Bertz CT molecular complexity index is 880. The van der Waals surface area contributed by atoms with Gasteiger partial charge in [0.2, 0.25) is 5.91 Å². The summed E-state index contributed by atoms with van der Waals surface area (Å²) in [6, 6.07) is 7.32. The lowest BCUT2D eigenvalue weighted by Gasteiger charge is -2.45. The van der Waals surface area contributed by atoms with E-state index in [1.165, 1.54) is 0 Å². The Morgan fingerprint density at radius 2 is 1.71 bits per heavy atom. The molecule has 2 atom stereocenters. The van der Waals surface area contributed by atoms with E-state index in [-0.39, 0.29) is 30.3 Å². The Kier molecular flexibility index (Phi) is 8.31. The van der Waals surface area contributed by atoms with Crippen LogP contribution in [0.25, 0.3) is 0 Å². The minimum Gasteiger partial charge on any atom is -0.483 e. The third-order valence-corrected chi connectivity index (χ3v) is 7.97. The molecule has 3 aliphatic heterocycles. The summed E-state index contributed by atoms with van der Waals surface area (Å²) in [5, 5.41) is 21.8. The zero-order valence-electron chi connectivity index (χ0n) is 21.1. The van der Waals surface area contributed by atoms with Crippen LogP contribution in [0.4, 0.5) is 0 Å². The molecule has 194 valence electrons. The lowest BCUT2D eigenvalue weighted by molar-refractivity contribution is -0.139. The molecule has 0 aromatic heterocycles. The molecule has 3 aliphatic rings. The first-order chi connectivity index (χ1) is 16.7. The number of piperidine rings is 1. The van der Waals surface area contributed by atoms with E-state index in [9.17, 15) is 19.8 Å². The van der Waals surface area contributed by atoms with Crippen LogP contribution in [0.5, 0.6) is 5.75 Å². The number of likely N-dealkylation sites (N-methyl/N-ethyl adjacent to an activating group) is 2. The van der Waals surface area contributed by atoms with Crippen LogP contribution in [0.3, 0.4) is 0 Å². The van der Waals surface area contributed by atoms with Crippen LogP contribution in [-0.4, -0.2) is 127 Å². The van der Waals surface area contributed by atoms with Crippen LogP contribution in [-0.2, 0) is 16.0 Å². The molecule has 0 radical (unpaired) electrons. The summed E-state index contributed by atoms with van der Waals surface area (Å²) >= 11 is 0. The second-order valence-corrected chi connectivity index (χ2v) is 10.6. The molecule has 2 fully saturated rings. The van der Waals surface area contributed by atoms with Crippen molar-refractivity contribution in [1.29, 1.82) is 0 Å². The number of aliphatic hydroxyl groups is 2. The van der Waals surface area contributed by atoms with Crippen LogP contribution in [0.2, 0.25) is 0 Å². The molecule has 0 bridgehead atoms. The normalized spacial score (nSPS) is 27.0. The van der Waals surface area contributed by atoms with E-state index in [4.69, 9.17) is 4.74 Å². The number of carbonyl (C=O) groups excluding carboxylic acids is 2. The number of hydrogen-bond acceptors (Lipinski definition) is 7. The number of benzene rings is 1. The predicted molar refractivity (Wildman–Crippen MR) is 132 cm³/mol. The Hall–Kier alpha value is -2.20. The number of piperazine rings is 1. The van der Waals surface area contributed by atoms with E-state index in [0.29, 0.717) is 51.2 Å². The van der Waals surface area contributed by atoms with Gasteiger partial charge in [0, 0.05) is 59.3 Å². The molecule has 3 heterocycles. The highest BCUT2D eigenvalue weighted by molar-refractivity contribution is 5.78. The molecule has 0 unspecified atom stereocenters. The van der Waals surface area contributed by atoms with Crippen LogP contribution in [0, 0.1) is 5.41 Å². The van der Waals surface area contributed by atoms with E-state index in [1.807, 2.05) is 23.1 Å². The SMILES string of the molecule is CN1CCN(CC(=O)N2CCC3(CC2)C[C@@H](O)[C@@H](O)Cc2ccccc2OCC(=O)N(C)C3)CC1. The summed E-state index contributed by atoms with van der Waals surface area (Å²) < 4.78 is 5.79. The average Bonchev–Trinajstić information content (AvgIpc) is 2.84. The minimum absolute atomic E-state index is 0.0716. The standard InChI is InChI=1S/C26H40N4O5/c1-27-11-13-29(14-12-27)17-24(33)30-9-7-26(8-10-30)16-22(32)21(31)15-20-5-3-4-6-23(20)35-18-25(34)28(2)19-26/h3-6,21-22,31-32H,7-19H2,1-2H3/t21-,22+/m0/s1. The number of carbonyl (C=O) groups is 2. The number of ether oxygens (including phenoxy) is 1. The largest absolute Gasteiger partial charge is 0.483 e. The van der Waals surface area contributed by atoms with E-state index in [0.717, 1.165) is 31.7 Å². The zero-order valence-corrected chi connectivity index (χ0v) is 21.1. The smallest absolute Gasteiger partial charge is 0.260 e. The number of para-hydroxylation sites is 1. The number of hydrogen-bond donors (Lipinski definition) is 2. The molecule has 9 nitrogen and oxygen atoms in total. The van der Waals surface area contributed by atoms with Crippen LogP contribution in [0.15, 0.2) is 24.3 Å². The first-order valence-electron chi connectivity index (χ1n) is 12.7. The molecule has 1 aromatic rings. The monoisotopic (exact) mass is 488 g/mol. The first-order valence-corrected chi connectivity index (χ1v) is 12.7. The van der Waals surface area contributed by atoms with Gasteiger partial charge < -0.3 is 29.6 Å². The zero-order chi connectivity index (χ0) is 25.0. The fourth-order valence-corrected chi connectivity index (χ4v) is 5.55. The lowest BCUT2D eigenvalue weighted by Crippen LogP contribution is -2.53. The second kappa shape index (κ2) is 11.2. The van der Waals surface area contributed by atoms with Gasteiger partial charge in [-0.2, -0.15) is 0 Å². The fraction of sp³-hybridized carbons (Fsp3) is 0.692. The topological polar surface area (TPSA) is 96.8 Å². The van der Waals surface area contributed by atoms with Gasteiger partial charge in [-0.3, -0.25) is 14.5 Å². The number of likely N-dealkylation sites (tertiary alicyclic amines) is 1. The van der Waals surface area contributed by atoms with E-state index in [1.54, 1.807) is 18.0 Å². The van der Waals surface area contributed by atoms with Crippen LogP contribution in [0.1, 0.15) is 24.8 Å². The Morgan fingerprint density at radius 1 is 1.03 bits per heavy atom. The number of nitrogens with zero attached hydrogens (tertiary/aromatic N) is 4. The van der Waals surface area contributed by atoms with Gasteiger partial charge in [-0.15, -0.1) is 0 Å². The maximum absolute atomic E-state index is 13.0. The highest BCUT2D eigenvalue weighted by Gasteiger charge is 2.41. The van der Waals surface area contributed by atoms with Gasteiger partial charge in [0.15, 0.2) is 6.61 Å². The van der Waals surface area contributed by atoms with Gasteiger partial charge in [-0.25, -0.2) is 0 Å². The Labute approximate surface area is 208 Å². The van der Waals surface area contributed by atoms with Crippen molar-refractivity contribution in [3.63, 3.8) is 0 Å². The molecule has 9 heteroatoms. The van der Waals surface area contributed by atoms with E-state index >= 15 is 0 Å². The number of fused-ring (bicyclic) bond motifs is 1. The molecule has 0 aliphatic carbocycles. The molecule has 2 saturated heterocycles. The van der Waals surface area contributed by atoms with Crippen molar-refractivity contribution in [2.45, 2.75) is 37.9 Å². The van der Waals surface area contributed by atoms with Crippen LogP contribution >= 0.6 is 0 Å². The molecule has 2 amide bonds. The summed E-state index contributed by atoms with van der Waals surface area (Å²) in [6.45, 7) is 5.78. The Balaban J connectivity index is 1.43. The molecule has 35 heavy (non-hydrogen) atoms. The predicted octanol–water partition coefficient (Wildman–Crippen LogP) is 0.0480. The van der Waals surface area contributed by atoms with E-state index < -0.39 is 12.2 Å². The summed E-state index contributed by atoms with van der Waals surface area (Å²) in [6.07, 6.45) is 0.135. The van der Waals surface area contributed by atoms with Crippen molar-refractivity contribution in [2.24, 2.45) is 5.41 Å². The van der Waals surface area contributed by atoms with Crippen molar-refractivity contribution >= 4 is 11.8 Å². The fourth-order valence-electron chi connectivity index (χ4n) is 5.55. The van der Waals surface area contributed by atoms with Crippen molar-refractivity contribution in [2.75, 3.05) is 73.1 Å². The average molecular weight is 489 g/mol. The lowest BCUT2D eigenvalue weighted by atomic mass is 9.72. The third kappa shape index (κ3) is 6.52. The maximum atomic E-state index is 13.0. The highest BCUT2D eigenvalue weighted by atomic mass is 16.5. The van der Waals surface area contributed by atoms with Crippen molar-refractivity contribution in [3.05, 3.63) is 29.8 Å². The van der Waals surface area contributed by atoms with Gasteiger partial charge in [0.05, 0.1) is 18.8 Å². The minimum atomic E-state index is -0.936. The summed E-state index contributed by atoms with van der Waals surface area (Å²) in [5.74, 6) is 0.582. The van der Waals surface area contributed by atoms with Gasteiger partial charge in [-0.1, -0.05) is 18.2 Å². The summed E-state index contributed by atoms with van der Waals surface area (Å²) in [5.41, 5.74) is 0.405. The molecule has 1 spiro atoms. The molecular weight excluding hydrogens is 448 g/mol. The second-order valence-electron chi connectivity index (χ2n) is 10.6. The number of aliphatic hydroxyl groups excluding tert-OH is 2. The highest BCUT2D eigenvalue weighted by Crippen LogP contribution is 2.38. The maximum Gasteiger partial charge on any atom is 0.260 e. The molecule has 0 saturated carbocycles.